The van der Waals surface area contributed by atoms with E-state index >= 15 is 0 Å². The Morgan fingerprint density at radius 2 is 0.562 bits per heavy atom. The first-order valence-corrected chi connectivity index (χ1v) is 40.8. The average Bonchev–Trinajstić information content (AvgIpc) is 1.16. The van der Waals surface area contributed by atoms with E-state index in [1.54, 1.807) is 0 Å². The zero-order valence-corrected chi connectivity index (χ0v) is 69.7. The molecular formula is C108H106BN3. The summed E-state index contributed by atoms with van der Waals surface area (Å²) >= 11 is 0. The molecule has 0 saturated heterocycles. The van der Waals surface area contributed by atoms with E-state index in [-0.39, 0.29) is 44.6 Å². The minimum atomic E-state index is -0.341. The van der Waals surface area contributed by atoms with Crippen LogP contribution in [0.5, 0.6) is 0 Å². The normalized spacial score (nSPS) is 13.7. The number of fused-ring (bicyclic) bond motifs is 5. The molecule has 0 amide bonds. The zero-order valence-electron chi connectivity index (χ0n) is 69.7. The van der Waals surface area contributed by atoms with E-state index < -0.39 is 0 Å². The summed E-state index contributed by atoms with van der Waals surface area (Å²) in [6, 6.07) is 103. The molecule has 4 heteroatoms. The molecule has 16 aromatic rings. The molecule has 0 bridgehead atoms. The molecular weight excluding hydrogens is 1350 g/mol. The third kappa shape index (κ3) is 11.9. The van der Waals surface area contributed by atoms with Gasteiger partial charge in [0.25, 0.3) is 6.71 Å². The fourth-order valence-corrected chi connectivity index (χ4v) is 18.5. The van der Waals surface area contributed by atoms with Gasteiger partial charge in [-0.1, -0.05) is 364 Å². The van der Waals surface area contributed by atoms with Gasteiger partial charge in [0.2, 0.25) is 0 Å². The Hall–Kier alpha value is -10.9. The second-order valence-electron chi connectivity index (χ2n) is 39.9. The Morgan fingerprint density at radius 3 is 0.938 bits per heavy atom. The third-order valence-electron chi connectivity index (χ3n) is 24.9. The van der Waals surface area contributed by atoms with Crippen molar-refractivity contribution in [2.45, 2.75) is 183 Å². The number of aromatic nitrogens is 1. The third-order valence-corrected chi connectivity index (χ3v) is 24.9. The van der Waals surface area contributed by atoms with E-state index in [1.807, 2.05) is 0 Å². The molecule has 3 heterocycles. The summed E-state index contributed by atoms with van der Waals surface area (Å²) in [7, 11) is 0. The summed E-state index contributed by atoms with van der Waals surface area (Å²) in [5.74, 6) is 0. The lowest BCUT2D eigenvalue weighted by Gasteiger charge is -2.46. The first-order chi connectivity index (χ1) is 53.0. The minimum absolute atomic E-state index is 0.103. The highest BCUT2D eigenvalue weighted by Crippen LogP contribution is 2.56. The van der Waals surface area contributed by atoms with Crippen LogP contribution in [0.25, 0.3) is 115 Å². The van der Waals surface area contributed by atoms with Gasteiger partial charge in [0.05, 0.1) is 22.4 Å². The predicted octanol–water partition coefficient (Wildman–Crippen LogP) is 28.6. The van der Waals surface area contributed by atoms with Crippen LogP contribution in [0.3, 0.4) is 0 Å². The molecule has 0 fully saturated rings. The molecule has 0 atom stereocenters. The van der Waals surface area contributed by atoms with Gasteiger partial charge < -0.3 is 14.4 Å². The molecule has 0 radical (unpaired) electrons. The van der Waals surface area contributed by atoms with Crippen LogP contribution in [0.15, 0.2) is 261 Å². The first kappa shape index (κ1) is 72.6. The maximum atomic E-state index is 2.78. The number of benzene rings is 15. The summed E-state index contributed by atoms with van der Waals surface area (Å²) in [5, 5.41) is 10.4. The summed E-state index contributed by atoms with van der Waals surface area (Å²) in [6.45, 7) is 49.4. The number of nitrogens with zero attached hydrogens (tertiary/aromatic N) is 3. The van der Waals surface area contributed by atoms with Crippen molar-refractivity contribution in [2.24, 2.45) is 0 Å². The number of hydrogen-bond acceptors (Lipinski definition) is 2. The molecule has 3 nitrogen and oxygen atoms in total. The Labute approximate surface area is 665 Å². The van der Waals surface area contributed by atoms with E-state index in [2.05, 4.69) is 421 Å². The molecule has 556 valence electrons. The second kappa shape index (κ2) is 25.3. The van der Waals surface area contributed by atoms with Crippen LogP contribution in [-0.4, -0.2) is 11.3 Å². The van der Waals surface area contributed by atoms with Gasteiger partial charge in [-0.15, -0.1) is 0 Å². The van der Waals surface area contributed by atoms with Crippen LogP contribution >= 0.6 is 0 Å². The molecule has 2 aliphatic rings. The van der Waals surface area contributed by atoms with Gasteiger partial charge in [-0.05, 0) is 201 Å². The minimum Gasteiger partial charge on any atom is -0.310 e. The lowest BCUT2D eigenvalue weighted by Crippen LogP contribution is -2.61. The number of anilines is 6. The number of rotatable bonds is 8. The number of hydrogen-bond donors (Lipinski definition) is 0. The fourth-order valence-electron chi connectivity index (χ4n) is 18.5. The summed E-state index contributed by atoms with van der Waals surface area (Å²) in [6.07, 6.45) is 0. The van der Waals surface area contributed by atoms with E-state index in [4.69, 9.17) is 0 Å². The van der Waals surface area contributed by atoms with Crippen LogP contribution in [0.2, 0.25) is 0 Å². The van der Waals surface area contributed by atoms with E-state index in [0.717, 1.165) is 22.7 Å². The Bertz CT molecular complexity index is 6210. The largest absolute Gasteiger partial charge is 0.310 e. The van der Waals surface area contributed by atoms with Crippen molar-refractivity contribution in [1.82, 2.24) is 4.57 Å². The molecule has 112 heavy (non-hydrogen) atoms. The quantitative estimate of drug-likeness (QED) is 0.0853. The SMILES string of the molecule is CC(C)(C)c1cccc(-c2cccc(-c3cccc(C(C)(C)C)c3)c2N2c3cc(-c4cc(C(C)(C)C)cc(C(C)(C)C)c4)ccc3B3c4ccc(-n5c6ccc7cccc8c9cccc%10ccc5c(c%109)c6c78)cc4N(c4c(-c5cccc(C(C)(C)C)c5)cccc4-c4cccc(C(C)(C)C)c4)c4cc(C(C)(C)C)cc2c43)c1. The van der Waals surface area contributed by atoms with Crippen molar-refractivity contribution in [3.63, 3.8) is 0 Å². The maximum absolute atomic E-state index is 2.78. The highest BCUT2D eigenvalue weighted by molar-refractivity contribution is 7.00. The average molecular weight is 1460 g/mol. The van der Waals surface area contributed by atoms with Crippen molar-refractivity contribution >= 4 is 111 Å². The Balaban J connectivity index is 1.03. The van der Waals surface area contributed by atoms with E-state index in [1.165, 1.54) is 182 Å². The van der Waals surface area contributed by atoms with Gasteiger partial charge in [0, 0.05) is 61.5 Å². The topological polar surface area (TPSA) is 11.4 Å². The van der Waals surface area contributed by atoms with Crippen molar-refractivity contribution < 1.29 is 0 Å². The molecule has 0 unspecified atom stereocenters. The molecule has 1 aromatic heterocycles. The van der Waals surface area contributed by atoms with Crippen LogP contribution < -0.4 is 26.2 Å². The Kier molecular flexibility index (Phi) is 16.4. The summed E-state index contributed by atoms with van der Waals surface area (Å²) in [4.78, 5) is 5.56. The van der Waals surface area contributed by atoms with Crippen molar-refractivity contribution in [2.75, 3.05) is 9.80 Å². The summed E-state index contributed by atoms with van der Waals surface area (Å²) in [5.41, 5.74) is 34.3. The second-order valence-corrected chi connectivity index (χ2v) is 39.9. The van der Waals surface area contributed by atoms with Gasteiger partial charge in [-0.25, -0.2) is 0 Å². The fraction of sp³-hybridized carbons (Fsp3) is 0.259. The lowest BCUT2D eigenvalue weighted by molar-refractivity contribution is 0.569. The van der Waals surface area contributed by atoms with Crippen LogP contribution in [0, 0.1) is 0 Å². The highest BCUT2D eigenvalue weighted by atomic mass is 15.2. The van der Waals surface area contributed by atoms with Gasteiger partial charge in [0.1, 0.15) is 0 Å². The molecule has 0 spiro atoms. The maximum Gasteiger partial charge on any atom is 0.252 e. The van der Waals surface area contributed by atoms with Crippen LogP contribution in [0.4, 0.5) is 34.1 Å². The molecule has 0 N–H and O–H groups in total. The first-order valence-electron chi connectivity index (χ1n) is 40.8. The van der Waals surface area contributed by atoms with Crippen molar-refractivity contribution in [3.05, 3.63) is 300 Å². The smallest absolute Gasteiger partial charge is 0.252 e. The van der Waals surface area contributed by atoms with Crippen LogP contribution in [-0.2, 0) is 37.9 Å². The number of para-hydroxylation sites is 2. The molecule has 0 aliphatic carbocycles. The summed E-state index contributed by atoms with van der Waals surface area (Å²) < 4.78 is 2.61. The van der Waals surface area contributed by atoms with Crippen molar-refractivity contribution in [3.8, 4) is 61.3 Å². The molecule has 15 aromatic carbocycles. The lowest BCUT2D eigenvalue weighted by atomic mass is 9.33. The van der Waals surface area contributed by atoms with E-state index in [9.17, 15) is 0 Å². The Morgan fingerprint density at radius 1 is 0.232 bits per heavy atom. The predicted molar refractivity (Wildman–Crippen MR) is 488 cm³/mol. The monoisotopic (exact) mass is 1460 g/mol. The molecule has 0 saturated carbocycles. The van der Waals surface area contributed by atoms with Crippen LogP contribution in [0.1, 0.15) is 184 Å². The highest BCUT2D eigenvalue weighted by Gasteiger charge is 2.47. The molecule has 2 aliphatic heterocycles. The van der Waals surface area contributed by atoms with Gasteiger partial charge in [-0.3, -0.25) is 0 Å². The van der Waals surface area contributed by atoms with E-state index in [0.29, 0.717) is 0 Å². The van der Waals surface area contributed by atoms with Gasteiger partial charge >= 0.3 is 0 Å². The van der Waals surface area contributed by atoms with Gasteiger partial charge in [0.15, 0.2) is 0 Å². The molecule has 18 rings (SSSR count). The standard InChI is InChI=1S/C108H106BN3/c1-102(2,3)73-36-22-32-68(54-73)81-40-28-41-82(69-33-23-37-74(55-69)103(4,5)6)100(81)111-91-60-67(72-58-77(106(13,14)15)61-78(59-72)107(16,17)18)46-50-87(91)109-88-51-49-80(110-89-52-47-65-30-26-44-85-86-45-27-31-66-48-53-90(110)98(96(66)86)97(89)95(65)85)64-92(88)112(94-63-79(108(19,20)21)62-93(111)99(94)109)101-83(70-34-24-38-75(56-70)104(7,8)9)42-29-43-84(101)71-35-25-39-76(57-71)105(10,11)12/h22-64H,1-21H3. The van der Waals surface area contributed by atoms with Crippen molar-refractivity contribution in [1.29, 1.82) is 0 Å². The van der Waals surface area contributed by atoms with Gasteiger partial charge in [-0.2, -0.15) is 0 Å². The zero-order chi connectivity index (χ0) is 78.6.